The number of anilines is 1. The Kier molecular flexibility index (Phi) is 6.72. The van der Waals surface area contributed by atoms with E-state index in [0.717, 1.165) is 46.8 Å². The van der Waals surface area contributed by atoms with Gasteiger partial charge in [-0.2, -0.15) is 0 Å². The zero-order valence-electron chi connectivity index (χ0n) is 16.4. The number of amides is 1. The van der Waals surface area contributed by atoms with E-state index >= 15 is 0 Å². The lowest BCUT2D eigenvalue weighted by atomic mass is 10.0. The van der Waals surface area contributed by atoms with Gasteiger partial charge < -0.3 is 5.32 Å². The van der Waals surface area contributed by atoms with E-state index in [4.69, 9.17) is 4.98 Å². The van der Waals surface area contributed by atoms with Gasteiger partial charge in [-0.25, -0.2) is 13.4 Å². The molecule has 2 aromatic rings. The Morgan fingerprint density at radius 1 is 1.25 bits per heavy atom. The molecule has 1 aromatic carbocycles. The van der Waals surface area contributed by atoms with E-state index in [0.29, 0.717) is 12.2 Å². The number of rotatable bonds is 8. The Balaban J connectivity index is 1.51. The Hall–Kier alpha value is -1.93. The standard InChI is InChI=1S/C20H27N3O3S2/c1-15-8-3-5-10-17(15)23(28(2,25)26)14-19(24)21-13-7-12-20-22-16-9-4-6-11-18(16)27-20/h3,5,8,10H,4,6-7,9,11-14H2,1-2H3,(H,21,24). The molecule has 1 aliphatic rings. The van der Waals surface area contributed by atoms with Crippen molar-refractivity contribution in [2.45, 2.75) is 45.4 Å². The highest BCUT2D eigenvalue weighted by atomic mass is 32.2. The number of carbonyl (C=O) groups is 1. The smallest absolute Gasteiger partial charge is 0.240 e. The first kappa shape index (κ1) is 20.8. The number of benzene rings is 1. The fourth-order valence-electron chi connectivity index (χ4n) is 3.39. The molecule has 0 aliphatic heterocycles. The summed E-state index contributed by atoms with van der Waals surface area (Å²) in [6.45, 7) is 2.13. The minimum Gasteiger partial charge on any atom is -0.355 e. The van der Waals surface area contributed by atoms with Crippen LogP contribution in [0.3, 0.4) is 0 Å². The molecule has 0 saturated carbocycles. The van der Waals surface area contributed by atoms with Crippen LogP contribution in [0.15, 0.2) is 24.3 Å². The van der Waals surface area contributed by atoms with Gasteiger partial charge in [0.2, 0.25) is 15.9 Å². The molecule has 1 aliphatic carbocycles. The Labute approximate surface area is 171 Å². The van der Waals surface area contributed by atoms with Crippen molar-refractivity contribution in [1.82, 2.24) is 10.3 Å². The SMILES string of the molecule is Cc1ccccc1N(CC(=O)NCCCc1nc2c(s1)CCCC2)S(C)(=O)=O. The fourth-order valence-corrected chi connectivity index (χ4v) is 5.50. The normalized spacial score (nSPS) is 13.8. The Morgan fingerprint density at radius 3 is 2.71 bits per heavy atom. The molecule has 1 amide bonds. The van der Waals surface area contributed by atoms with Crippen LogP contribution in [0.4, 0.5) is 5.69 Å². The molecule has 0 spiro atoms. The second-order valence-corrected chi connectivity index (χ2v) is 10.3. The predicted molar refractivity (Wildman–Crippen MR) is 113 cm³/mol. The summed E-state index contributed by atoms with van der Waals surface area (Å²) >= 11 is 1.80. The summed E-state index contributed by atoms with van der Waals surface area (Å²) in [5.41, 5.74) is 2.61. The number of sulfonamides is 1. The average molecular weight is 422 g/mol. The number of para-hydroxylation sites is 1. The molecule has 1 heterocycles. The lowest BCUT2D eigenvalue weighted by molar-refractivity contribution is -0.119. The van der Waals surface area contributed by atoms with Crippen LogP contribution in [0, 0.1) is 6.92 Å². The summed E-state index contributed by atoms with van der Waals surface area (Å²) in [7, 11) is -3.55. The second kappa shape index (κ2) is 9.05. The number of thiazole rings is 1. The van der Waals surface area contributed by atoms with E-state index in [2.05, 4.69) is 5.32 Å². The Bertz CT molecular complexity index is 914. The molecule has 1 aromatic heterocycles. The van der Waals surface area contributed by atoms with Crippen LogP contribution in [0.2, 0.25) is 0 Å². The van der Waals surface area contributed by atoms with Gasteiger partial charge >= 0.3 is 0 Å². The third-order valence-corrected chi connectivity index (χ3v) is 7.19. The molecule has 3 rings (SSSR count). The summed E-state index contributed by atoms with van der Waals surface area (Å²) in [6, 6.07) is 7.16. The molecule has 0 radical (unpaired) electrons. The molecule has 6 nitrogen and oxygen atoms in total. The van der Waals surface area contributed by atoms with E-state index in [1.54, 1.807) is 23.5 Å². The third kappa shape index (κ3) is 5.32. The van der Waals surface area contributed by atoms with Gasteiger partial charge in [-0.3, -0.25) is 9.10 Å². The van der Waals surface area contributed by atoms with Crippen molar-refractivity contribution in [1.29, 1.82) is 0 Å². The van der Waals surface area contributed by atoms with Crippen molar-refractivity contribution in [2.24, 2.45) is 0 Å². The highest BCUT2D eigenvalue weighted by Crippen LogP contribution is 2.27. The van der Waals surface area contributed by atoms with Gasteiger partial charge in [-0.05, 0) is 50.7 Å². The first-order chi connectivity index (χ1) is 13.3. The number of nitrogens with zero attached hydrogens (tertiary/aromatic N) is 2. The third-order valence-electron chi connectivity index (χ3n) is 4.85. The first-order valence-electron chi connectivity index (χ1n) is 9.62. The number of aromatic nitrogens is 1. The number of hydrogen-bond donors (Lipinski definition) is 1. The van der Waals surface area contributed by atoms with Crippen molar-refractivity contribution in [2.75, 3.05) is 23.7 Å². The van der Waals surface area contributed by atoms with Crippen LogP contribution in [0.5, 0.6) is 0 Å². The lowest BCUT2D eigenvalue weighted by Crippen LogP contribution is -2.41. The lowest BCUT2D eigenvalue weighted by Gasteiger charge is -2.23. The number of hydrogen-bond acceptors (Lipinski definition) is 5. The quantitative estimate of drug-likeness (QED) is 0.665. The van der Waals surface area contributed by atoms with Crippen LogP contribution in [0.1, 0.15) is 40.4 Å². The van der Waals surface area contributed by atoms with Crippen LogP contribution in [-0.2, 0) is 34.1 Å². The Morgan fingerprint density at radius 2 is 2.00 bits per heavy atom. The largest absolute Gasteiger partial charge is 0.355 e. The number of aryl methyl sites for hydroxylation is 4. The van der Waals surface area contributed by atoms with Crippen LogP contribution in [-0.4, -0.2) is 38.7 Å². The molecule has 0 fully saturated rings. The monoisotopic (exact) mass is 421 g/mol. The number of nitrogens with one attached hydrogen (secondary N) is 1. The highest BCUT2D eigenvalue weighted by Gasteiger charge is 2.22. The van der Waals surface area contributed by atoms with Crippen molar-refractivity contribution in [3.05, 3.63) is 45.4 Å². The average Bonchev–Trinajstić information content (AvgIpc) is 3.06. The fraction of sp³-hybridized carbons (Fsp3) is 0.500. The van der Waals surface area contributed by atoms with Gasteiger partial charge in [-0.15, -0.1) is 11.3 Å². The van der Waals surface area contributed by atoms with Gasteiger partial charge in [0.15, 0.2) is 0 Å². The van der Waals surface area contributed by atoms with E-state index in [-0.39, 0.29) is 12.5 Å². The topological polar surface area (TPSA) is 79.4 Å². The predicted octanol–water partition coefficient (Wildman–Crippen LogP) is 2.85. The van der Waals surface area contributed by atoms with Gasteiger partial charge in [0, 0.05) is 17.8 Å². The molecular formula is C20H27N3O3S2. The van der Waals surface area contributed by atoms with Crippen LogP contribution < -0.4 is 9.62 Å². The summed E-state index contributed by atoms with van der Waals surface area (Å²) < 4.78 is 25.5. The minimum atomic E-state index is -3.55. The van der Waals surface area contributed by atoms with Gasteiger partial charge in [-0.1, -0.05) is 18.2 Å². The summed E-state index contributed by atoms with van der Waals surface area (Å²) in [6.07, 6.45) is 7.46. The van der Waals surface area contributed by atoms with E-state index < -0.39 is 10.0 Å². The summed E-state index contributed by atoms with van der Waals surface area (Å²) in [5.74, 6) is -0.299. The first-order valence-corrected chi connectivity index (χ1v) is 12.3. The maximum absolute atomic E-state index is 12.3. The molecule has 152 valence electrons. The molecule has 8 heteroatoms. The molecule has 28 heavy (non-hydrogen) atoms. The molecular weight excluding hydrogens is 394 g/mol. The van der Waals surface area contributed by atoms with Gasteiger partial charge in [0.1, 0.15) is 6.54 Å². The number of carbonyl (C=O) groups excluding carboxylic acids is 1. The minimum absolute atomic E-state index is 0.213. The molecule has 0 bridgehead atoms. The van der Waals surface area contributed by atoms with Crippen LogP contribution >= 0.6 is 11.3 Å². The van der Waals surface area contributed by atoms with Crippen molar-refractivity contribution < 1.29 is 13.2 Å². The molecule has 1 N–H and O–H groups in total. The summed E-state index contributed by atoms with van der Waals surface area (Å²) in [5, 5.41) is 3.98. The maximum atomic E-state index is 12.3. The van der Waals surface area contributed by atoms with Crippen molar-refractivity contribution in [3.63, 3.8) is 0 Å². The zero-order valence-corrected chi connectivity index (χ0v) is 18.0. The van der Waals surface area contributed by atoms with E-state index in [1.165, 1.54) is 23.4 Å². The zero-order chi connectivity index (χ0) is 20.1. The molecule has 0 atom stereocenters. The van der Waals surface area contributed by atoms with Crippen molar-refractivity contribution >= 4 is 33.0 Å². The molecule has 0 saturated heterocycles. The van der Waals surface area contributed by atoms with Crippen molar-refractivity contribution in [3.8, 4) is 0 Å². The highest BCUT2D eigenvalue weighted by molar-refractivity contribution is 7.92. The summed E-state index contributed by atoms with van der Waals surface area (Å²) in [4.78, 5) is 18.5. The van der Waals surface area contributed by atoms with Gasteiger partial charge in [0.05, 0.1) is 22.6 Å². The van der Waals surface area contributed by atoms with Gasteiger partial charge in [0.25, 0.3) is 0 Å². The second-order valence-electron chi connectivity index (χ2n) is 7.19. The van der Waals surface area contributed by atoms with E-state index in [9.17, 15) is 13.2 Å². The molecule has 0 unspecified atom stereocenters. The number of fused-ring (bicyclic) bond motifs is 1. The van der Waals surface area contributed by atoms with Crippen LogP contribution in [0.25, 0.3) is 0 Å². The maximum Gasteiger partial charge on any atom is 0.240 e. The van der Waals surface area contributed by atoms with E-state index in [1.807, 2.05) is 19.1 Å².